The van der Waals surface area contributed by atoms with E-state index in [1.165, 1.54) is 16.8 Å². The van der Waals surface area contributed by atoms with E-state index in [1.54, 1.807) is 27.7 Å². The van der Waals surface area contributed by atoms with Crippen LogP contribution in [0.25, 0.3) is 0 Å². The van der Waals surface area contributed by atoms with Crippen LogP contribution in [-0.4, -0.2) is 52.4 Å². The number of anilines is 1. The number of nitrogens with two attached hydrogens (primary N) is 3. The SMILES string of the molecule is CC(C)[C@H](N)C(=O)OC[C@@H]1O[C@H](n2ccc(N)nc2=O)C[C@@H]1OC(=O)[C@H](N)C(C)C. The Hall–Kier alpha value is -2.50. The summed E-state index contributed by atoms with van der Waals surface area (Å²) < 4.78 is 17.9. The Kier molecular flexibility index (Phi) is 7.93. The molecule has 6 N–H and O–H groups in total. The van der Waals surface area contributed by atoms with E-state index in [0.717, 1.165) is 0 Å². The van der Waals surface area contributed by atoms with E-state index in [1.807, 2.05) is 0 Å². The highest BCUT2D eigenvalue weighted by Crippen LogP contribution is 2.31. The van der Waals surface area contributed by atoms with Gasteiger partial charge in [-0.1, -0.05) is 27.7 Å². The van der Waals surface area contributed by atoms with Crippen LogP contribution in [0, 0.1) is 11.8 Å². The number of carbonyl (C=O) groups excluding carboxylic acids is 2. The van der Waals surface area contributed by atoms with E-state index in [-0.39, 0.29) is 30.7 Å². The summed E-state index contributed by atoms with van der Waals surface area (Å²) in [4.78, 5) is 40.3. The second-order valence-corrected chi connectivity index (χ2v) is 8.05. The van der Waals surface area contributed by atoms with Crippen molar-refractivity contribution < 1.29 is 23.8 Å². The van der Waals surface area contributed by atoms with Gasteiger partial charge in [-0.25, -0.2) is 4.79 Å². The van der Waals surface area contributed by atoms with Crippen molar-refractivity contribution in [1.29, 1.82) is 0 Å². The van der Waals surface area contributed by atoms with Gasteiger partial charge in [0.1, 0.15) is 42.9 Å². The predicted molar refractivity (Wildman–Crippen MR) is 108 cm³/mol. The number of nitrogens with zero attached hydrogens (tertiary/aromatic N) is 2. The average molecular weight is 425 g/mol. The molecule has 2 rings (SSSR count). The fourth-order valence-electron chi connectivity index (χ4n) is 2.82. The van der Waals surface area contributed by atoms with Crippen LogP contribution in [0.15, 0.2) is 17.1 Å². The van der Waals surface area contributed by atoms with Gasteiger partial charge in [0.05, 0.1) is 0 Å². The summed E-state index contributed by atoms with van der Waals surface area (Å²) in [7, 11) is 0. The first-order valence-corrected chi connectivity index (χ1v) is 9.89. The zero-order valence-electron chi connectivity index (χ0n) is 17.7. The lowest BCUT2D eigenvalue weighted by molar-refractivity contribution is -0.161. The zero-order chi connectivity index (χ0) is 22.6. The molecule has 0 spiro atoms. The fraction of sp³-hybridized carbons (Fsp3) is 0.684. The van der Waals surface area contributed by atoms with Crippen molar-refractivity contribution in [2.24, 2.45) is 23.3 Å². The Morgan fingerprint density at radius 3 is 2.37 bits per heavy atom. The average Bonchev–Trinajstić information content (AvgIpc) is 3.06. The summed E-state index contributed by atoms with van der Waals surface area (Å²) in [5.41, 5.74) is 16.6. The minimum Gasteiger partial charge on any atom is -0.462 e. The van der Waals surface area contributed by atoms with Crippen LogP contribution in [0.5, 0.6) is 0 Å². The molecule has 1 fully saturated rings. The third kappa shape index (κ3) is 5.77. The molecular weight excluding hydrogens is 394 g/mol. The first-order chi connectivity index (χ1) is 14.0. The highest BCUT2D eigenvalue weighted by atomic mass is 16.6. The van der Waals surface area contributed by atoms with Gasteiger partial charge in [0, 0.05) is 12.6 Å². The van der Waals surface area contributed by atoms with Gasteiger partial charge in [0.15, 0.2) is 0 Å². The molecule has 11 nitrogen and oxygen atoms in total. The number of ether oxygens (including phenoxy) is 3. The highest BCUT2D eigenvalue weighted by molar-refractivity contribution is 5.76. The van der Waals surface area contributed by atoms with Crippen molar-refractivity contribution >= 4 is 17.8 Å². The van der Waals surface area contributed by atoms with Crippen molar-refractivity contribution in [2.75, 3.05) is 12.3 Å². The van der Waals surface area contributed by atoms with Gasteiger partial charge in [0.2, 0.25) is 0 Å². The number of rotatable bonds is 8. The topological polar surface area (TPSA) is 175 Å². The smallest absolute Gasteiger partial charge is 0.351 e. The minimum absolute atomic E-state index is 0.0771. The van der Waals surface area contributed by atoms with Crippen molar-refractivity contribution in [1.82, 2.24) is 9.55 Å². The molecule has 1 aromatic rings. The number of esters is 2. The Bertz CT molecular complexity index is 811. The van der Waals surface area contributed by atoms with Crippen molar-refractivity contribution in [3.63, 3.8) is 0 Å². The van der Waals surface area contributed by atoms with E-state index in [9.17, 15) is 14.4 Å². The quantitative estimate of drug-likeness (QED) is 0.462. The Morgan fingerprint density at radius 1 is 1.20 bits per heavy atom. The van der Waals surface area contributed by atoms with Gasteiger partial charge in [-0.3, -0.25) is 14.2 Å². The summed E-state index contributed by atoms with van der Waals surface area (Å²) in [5.74, 6) is -1.34. The molecule has 0 aromatic carbocycles. The Balaban J connectivity index is 2.16. The van der Waals surface area contributed by atoms with Crippen LogP contribution < -0.4 is 22.9 Å². The molecule has 1 aliphatic heterocycles. The third-order valence-corrected chi connectivity index (χ3v) is 4.98. The zero-order valence-corrected chi connectivity index (χ0v) is 17.7. The third-order valence-electron chi connectivity index (χ3n) is 4.98. The summed E-state index contributed by atoms with van der Waals surface area (Å²) in [6.07, 6.45) is -0.760. The lowest BCUT2D eigenvalue weighted by atomic mass is 10.1. The molecule has 0 radical (unpaired) electrons. The monoisotopic (exact) mass is 425 g/mol. The van der Waals surface area contributed by atoms with Crippen LogP contribution in [0.3, 0.4) is 0 Å². The molecule has 1 aliphatic rings. The number of aromatic nitrogens is 2. The molecule has 168 valence electrons. The lowest BCUT2D eigenvalue weighted by Crippen LogP contribution is -2.42. The van der Waals surface area contributed by atoms with E-state index in [2.05, 4.69) is 4.98 Å². The molecular formula is C19H31N5O6. The first-order valence-electron chi connectivity index (χ1n) is 9.89. The highest BCUT2D eigenvalue weighted by Gasteiger charge is 2.41. The molecule has 1 aromatic heterocycles. The van der Waals surface area contributed by atoms with E-state index in [0.29, 0.717) is 0 Å². The molecule has 0 unspecified atom stereocenters. The Labute approximate surface area is 174 Å². The Morgan fingerprint density at radius 2 is 1.80 bits per heavy atom. The molecule has 0 saturated carbocycles. The first kappa shape index (κ1) is 23.8. The maximum absolute atomic E-state index is 12.3. The van der Waals surface area contributed by atoms with Gasteiger partial charge in [0.25, 0.3) is 0 Å². The van der Waals surface area contributed by atoms with Gasteiger partial charge < -0.3 is 31.4 Å². The molecule has 2 heterocycles. The number of carbonyl (C=O) groups is 2. The van der Waals surface area contributed by atoms with Crippen LogP contribution in [0.4, 0.5) is 5.82 Å². The normalized spacial score (nSPS) is 23.4. The summed E-state index contributed by atoms with van der Waals surface area (Å²) in [6, 6.07) is -0.154. The summed E-state index contributed by atoms with van der Waals surface area (Å²) in [6.45, 7) is 7.00. The van der Waals surface area contributed by atoms with Crippen LogP contribution in [0.1, 0.15) is 40.3 Å². The summed E-state index contributed by atoms with van der Waals surface area (Å²) >= 11 is 0. The van der Waals surface area contributed by atoms with E-state index in [4.69, 9.17) is 31.4 Å². The second-order valence-electron chi connectivity index (χ2n) is 8.05. The molecule has 30 heavy (non-hydrogen) atoms. The maximum atomic E-state index is 12.3. The predicted octanol–water partition coefficient (Wildman–Crippen LogP) is -0.465. The molecule has 0 aliphatic carbocycles. The maximum Gasteiger partial charge on any atom is 0.351 e. The van der Waals surface area contributed by atoms with Crippen molar-refractivity contribution in [3.8, 4) is 0 Å². The largest absolute Gasteiger partial charge is 0.462 e. The second kappa shape index (κ2) is 10.0. The summed E-state index contributed by atoms with van der Waals surface area (Å²) in [5, 5.41) is 0. The van der Waals surface area contributed by atoms with Crippen LogP contribution >= 0.6 is 0 Å². The minimum atomic E-state index is -0.817. The van der Waals surface area contributed by atoms with Crippen LogP contribution in [-0.2, 0) is 23.8 Å². The fourth-order valence-corrected chi connectivity index (χ4v) is 2.82. The van der Waals surface area contributed by atoms with E-state index >= 15 is 0 Å². The van der Waals surface area contributed by atoms with Gasteiger partial charge in [-0.2, -0.15) is 4.98 Å². The van der Waals surface area contributed by atoms with Crippen molar-refractivity contribution in [2.45, 2.75) is 64.6 Å². The van der Waals surface area contributed by atoms with Crippen molar-refractivity contribution in [3.05, 3.63) is 22.7 Å². The lowest BCUT2D eigenvalue weighted by Gasteiger charge is -2.22. The standard InChI is InChI=1S/C19H31N5O6/c1-9(2)15(21)17(25)28-8-12-11(30-18(26)16(22)10(3)4)7-14(29-12)24-6-5-13(20)23-19(24)27/h5-6,9-12,14-16H,7-8,21-22H2,1-4H3,(H2,20,23,27)/t11-,12-,14-,15-,16+/m0/s1. The van der Waals surface area contributed by atoms with E-state index < -0.39 is 48.1 Å². The van der Waals surface area contributed by atoms with Gasteiger partial charge >= 0.3 is 17.6 Å². The number of hydrogen-bond donors (Lipinski definition) is 3. The molecule has 11 heteroatoms. The van der Waals surface area contributed by atoms with Gasteiger partial charge in [-0.15, -0.1) is 0 Å². The molecule has 0 bridgehead atoms. The number of hydrogen-bond acceptors (Lipinski definition) is 10. The van der Waals surface area contributed by atoms with Crippen LogP contribution in [0.2, 0.25) is 0 Å². The number of nitrogen functional groups attached to an aromatic ring is 1. The molecule has 1 saturated heterocycles. The molecule has 0 amide bonds. The van der Waals surface area contributed by atoms with Gasteiger partial charge in [-0.05, 0) is 17.9 Å². The molecule has 5 atom stereocenters.